The van der Waals surface area contributed by atoms with Gasteiger partial charge in [-0.15, -0.1) is 10.2 Å². The normalized spacial score (nSPS) is 11.4. The molecule has 0 atom stereocenters. The lowest BCUT2D eigenvalue weighted by atomic mass is 10.1. The molecule has 0 fully saturated rings. The van der Waals surface area contributed by atoms with E-state index in [1.54, 1.807) is 35.0 Å². The fourth-order valence-corrected chi connectivity index (χ4v) is 3.93. The third kappa shape index (κ3) is 4.78. The summed E-state index contributed by atoms with van der Waals surface area (Å²) >= 11 is 0. The van der Waals surface area contributed by atoms with Crippen molar-refractivity contribution in [1.82, 2.24) is 20.0 Å². The van der Waals surface area contributed by atoms with Crippen LogP contribution in [0, 0.1) is 32.1 Å². The quantitative estimate of drug-likeness (QED) is 0.419. The van der Waals surface area contributed by atoms with Crippen LogP contribution in [0.25, 0.3) is 17.1 Å². The zero-order valence-electron chi connectivity index (χ0n) is 18.5. The molecule has 2 aromatic carbocycles. The van der Waals surface area contributed by atoms with Gasteiger partial charge in [-0.3, -0.25) is 0 Å². The minimum Gasteiger partial charge on any atom is -0.453 e. The van der Waals surface area contributed by atoms with Crippen LogP contribution in [0.4, 0.5) is 0 Å². The molecule has 0 spiro atoms. The number of hydrogen-bond donors (Lipinski definition) is 0. The Morgan fingerprint density at radius 1 is 1.09 bits per heavy atom. The lowest BCUT2D eigenvalue weighted by molar-refractivity contribution is 0.474. The zero-order valence-corrected chi connectivity index (χ0v) is 19.3. The molecule has 33 heavy (non-hydrogen) atoms. The van der Waals surface area contributed by atoms with Crippen molar-refractivity contribution < 1.29 is 17.6 Å². The van der Waals surface area contributed by atoms with Crippen LogP contribution >= 0.6 is 0 Å². The summed E-state index contributed by atoms with van der Waals surface area (Å²) in [6.07, 6.45) is 1.11. The summed E-state index contributed by atoms with van der Waals surface area (Å²) in [5.74, 6) is 1.21. The first kappa shape index (κ1) is 22.2. The van der Waals surface area contributed by atoms with E-state index in [0.717, 1.165) is 28.9 Å². The van der Waals surface area contributed by atoms with Crippen LogP contribution in [-0.4, -0.2) is 34.7 Å². The zero-order chi connectivity index (χ0) is 23.8. The molecule has 0 bridgehead atoms. The van der Waals surface area contributed by atoms with Crippen molar-refractivity contribution >= 4 is 9.84 Å². The summed E-state index contributed by atoms with van der Waals surface area (Å²) in [5.41, 5.74) is 4.54. The molecule has 2 heterocycles. The standard InChI is InChI=1S/C23H21N5O4S/c1-14-11-19(8-5-18(14)12-24)28-16(3)22(15(2)27-28)31-20-9-6-17(7-10-20)23-26-25-21(32-23)13-33(4,29)30/h5-11H,13H2,1-4H3. The molecular weight excluding hydrogens is 442 g/mol. The number of hydrogen-bond acceptors (Lipinski definition) is 8. The Bertz CT molecular complexity index is 1480. The second-order valence-electron chi connectivity index (χ2n) is 7.72. The van der Waals surface area contributed by atoms with E-state index in [0.29, 0.717) is 22.6 Å². The van der Waals surface area contributed by atoms with Crippen molar-refractivity contribution in [3.05, 3.63) is 70.9 Å². The minimum atomic E-state index is -3.26. The molecule has 0 saturated carbocycles. The first-order chi connectivity index (χ1) is 15.6. The SMILES string of the molecule is Cc1cc(-n2nc(C)c(Oc3ccc(-c4nnc(CS(C)(=O)=O)o4)cc3)c2C)ccc1C#N. The van der Waals surface area contributed by atoms with Crippen LogP contribution in [0.1, 0.15) is 28.4 Å². The van der Waals surface area contributed by atoms with Gasteiger partial charge in [-0.1, -0.05) is 0 Å². The van der Waals surface area contributed by atoms with E-state index >= 15 is 0 Å². The van der Waals surface area contributed by atoms with Gasteiger partial charge in [0.2, 0.25) is 11.8 Å². The molecule has 10 heteroatoms. The topological polar surface area (TPSA) is 124 Å². The van der Waals surface area contributed by atoms with E-state index in [2.05, 4.69) is 21.4 Å². The third-order valence-corrected chi connectivity index (χ3v) is 5.74. The number of rotatable bonds is 6. The molecule has 9 nitrogen and oxygen atoms in total. The van der Waals surface area contributed by atoms with Crippen molar-refractivity contribution in [2.75, 3.05) is 6.26 Å². The maximum absolute atomic E-state index is 11.4. The van der Waals surface area contributed by atoms with E-state index in [-0.39, 0.29) is 17.5 Å². The Hall–Kier alpha value is -3.97. The van der Waals surface area contributed by atoms with Gasteiger partial charge in [-0.05, 0) is 68.8 Å². The van der Waals surface area contributed by atoms with Crippen molar-refractivity contribution in [3.63, 3.8) is 0 Å². The molecule has 4 aromatic rings. The molecule has 2 aromatic heterocycles. The minimum absolute atomic E-state index is 0.0459. The highest BCUT2D eigenvalue weighted by atomic mass is 32.2. The monoisotopic (exact) mass is 463 g/mol. The van der Waals surface area contributed by atoms with Gasteiger partial charge in [0.05, 0.1) is 23.0 Å². The number of nitriles is 1. The van der Waals surface area contributed by atoms with Gasteiger partial charge in [0, 0.05) is 11.8 Å². The number of nitrogens with zero attached hydrogens (tertiary/aromatic N) is 5. The molecule has 0 aliphatic heterocycles. The highest BCUT2D eigenvalue weighted by Gasteiger charge is 2.17. The predicted molar refractivity (Wildman–Crippen MR) is 121 cm³/mol. The fraction of sp³-hybridized carbons (Fsp3) is 0.217. The maximum atomic E-state index is 11.4. The lowest BCUT2D eigenvalue weighted by Crippen LogP contribution is -2.00. The second kappa shape index (κ2) is 8.52. The highest BCUT2D eigenvalue weighted by molar-refractivity contribution is 7.89. The number of benzene rings is 2. The van der Waals surface area contributed by atoms with Crippen molar-refractivity contribution in [2.24, 2.45) is 0 Å². The molecule has 0 aliphatic rings. The van der Waals surface area contributed by atoms with Gasteiger partial charge in [0.15, 0.2) is 15.6 Å². The molecule has 0 radical (unpaired) electrons. The molecule has 0 unspecified atom stereocenters. The van der Waals surface area contributed by atoms with E-state index in [1.807, 2.05) is 32.9 Å². The molecular formula is C23H21N5O4S. The van der Waals surface area contributed by atoms with Gasteiger partial charge in [-0.25, -0.2) is 13.1 Å². The summed E-state index contributed by atoms with van der Waals surface area (Å²) in [7, 11) is -3.26. The average molecular weight is 464 g/mol. The molecule has 4 rings (SSSR count). The van der Waals surface area contributed by atoms with Gasteiger partial charge in [-0.2, -0.15) is 10.4 Å². The summed E-state index contributed by atoms with van der Waals surface area (Å²) in [4.78, 5) is 0. The van der Waals surface area contributed by atoms with E-state index in [4.69, 9.17) is 14.4 Å². The van der Waals surface area contributed by atoms with Crippen LogP contribution in [0.15, 0.2) is 46.9 Å². The Morgan fingerprint density at radius 2 is 1.82 bits per heavy atom. The van der Waals surface area contributed by atoms with E-state index in [9.17, 15) is 8.42 Å². The first-order valence-electron chi connectivity index (χ1n) is 10.0. The number of aromatic nitrogens is 4. The fourth-order valence-electron chi connectivity index (χ4n) is 3.37. The van der Waals surface area contributed by atoms with Crippen molar-refractivity contribution in [1.29, 1.82) is 5.26 Å². The number of sulfone groups is 1. The Labute approximate surface area is 191 Å². The van der Waals surface area contributed by atoms with Crippen molar-refractivity contribution in [2.45, 2.75) is 26.5 Å². The Morgan fingerprint density at radius 3 is 2.45 bits per heavy atom. The molecule has 0 saturated heterocycles. The second-order valence-corrected chi connectivity index (χ2v) is 9.86. The summed E-state index contributed by atoms with van der Waals surface area (Å²) in [6.45, 7) is 5.67. The summed E-state index contributed by atoms with van der Waals surface area (Å²) < 4.78 is 36.1. The largest absolute Gasteiger partial charge is 0.453 e. The maximum Gasteiger partial charge on any atom is 0.247 e. The van der Waals surface area contributed by atoms with Crippen LogP contribution in [0.3, 0.4) is 0 Å². The van der Waals surface area contributed by atoms with Crippen LogP contribution in [0.2, 0.25) is 0 Å². The van der Waals surface area contributed by atoms with Crippen molar-refractivity contribution in [3.8, 4) is 34.7 Å². The number of ether oxygens (including phenoxy) is 1. The Kier molecular flexibility index (Phi) is 5.74. The van der Waals surface area contributed by atoms with E-state index < -0.39 is 9.84 Å². The Balaban J connectivity index is 1.56. The summed E-state index contributed by atoms with van der Waals surface area (Å²) in [6, 6.07) is 14.8. The van der Waals surface area contributed by atoms with Gasteiger partial charge >= 0.3 is 0 Å². The first-order valence-corrected chi connectivity index (χ1v) is 12.1. The van der Waals surface area contributed by atoms with Crippen LogP contribution in [-0.2, 0) is 15.6 Å². The van der Waals surface area contributed by atoms with Crippen LogP contribution < -0.4 is 4.74 Å². The lowest BCUT2D eigenvalue weighted by Gasteiger charge is -2.08. The number of aryl methyl sites for hydroxylation is 2. The summed E-state index contributed by atoms with van der Waals surface area (Å²) in [5, 5.41) is 21.4. The molecule has 168 valence electrons. The predicted octanol–water partition coefficient (Wildman–Crippen LogP) is 4.06. The third-order valence-electron chi connectivity index (χ3n) is 4.97. The smallest absolute Gasteiger partial charge is 0.247 e. The van der Waals surface area contributed by atoms with Crippen LogP contribution in [0.5, 0.6) is 11.5 Å². The van der Waals surface area contributed by atoms with Gasteiger partial charge in [0.25, 0.3) is 0 Å². The molecule has 0 aliphatic carbocycles. The van der Waals surface area contributed by atoms with Gasteiger partial charge < -0.3 is 9.15 Å². The van der Waals surface area contributed by atoms with Gasteiger partial charge in [0.1, 0.15) is 17.2 Å². The average Bonchev–Trinajstić information content (AvgIpc) is 3.32. The van der Waals surface area contributed by atoms with E-state index in [1.165, 1.54) is 0 Å². The highest BCUT2D eigenvalue weighted by Crippen LogP contribution is 2.31. The molecule has 0 amide bonds. The molecule has 0 N–H and O–H groups in total.